The lowest BCUT2D eigenvalue weighted by atomic mass is 9.91. The van der Waals surface area contributed by atoms with Crippen molar-refractivity contribution in [1.29, 1.82) is 0 Å². The predicted octanol–water partition coefficient (Wildman–Crippen LogP) is 3.38. The quantitative estimate of drug-likeness (QED) is 0.878. The molecule has 1 aliphatic heterocycles. The smallest absolute Gasteiger partial charge is 0.254 e. The molecule has 0 aliphatic carbocycles. The van der Waals surface area contributed by atoms with Crippen LogP contribution in [0.1, 0.15) is 35.7 Å². The Hall–Kier alpha value is -0.580. The fourth-order valence-electron chi connectivity index (χ4n) is 2.63. The third-order valence-electron chi connectivity index (χ3n) is 3.99. The number of benzene rings is 1. The molecule has 0 saturated carbocycles. The molecule has 3 nitrogen and oxygen atoms in total. The molecule has 2 N–H and O–H groups in total. The van der Waals surface area contributed by atoms with Gasteiger partial charge in [-0.05, 0) is 50.3 Å². The van der Waals surface area contributed by atoms with Crippen LogP contribution in [-0.2, 0) is 0 Å². The number of carbonyl (C=O) groups is 1. The van der Waals surface area contributed by atoms with Gasteiger partial charge in [0.2, 0.25) is 0 Å². The van der Waals surface area contributed by atoms with Crippen molar-refractivity contribution in [1.82, 2.24) is 4.90 Å². The van der Waals surface area contributed by atoms with Crippen LogP contribution >= 0.6 is 28.3 Å². The Balaban J connectivity index is 0.00000200. The molecule has 1 amide bonds. The predicted molar refractivity (Wildman–Crippen MR) is 88.4 cm³/mol. The molecule has 1 heterocycles. The summed E-state index contributed by atoms with van der Waals surface area (Å²) in [6, 6.07) is 5.93. The largest absolute Gasteiger partial charge is 0.338 e. The SMILES string of the molecule is Cc1c(Br)cccc1C(=O)N1CCCC(C(C)N)C1.Cl. The average Bonchev–Trinajstić information content (AvgIpc) is 2.41. The van der Waals surface area contributed by atoms with Crippen LogP contribution in [0.2, 0.25) is 0 Å². The minimum Gasteiger partial charge on any atom is -0.338 e. The number of halogens is 2. The van der Waals surface area contributed by atoms with E-state index in [2.05, 4.69) is 15.9 Å². The maximum absolute atomic E-state index is 12.6. The van der Waals surface area contributed by atoms with Crippen molar-refractivity contribution in [2.75, 3.05) is 13.1 Å². The third kappa shape index (κ3) is 3.74. The molecule has 2 unspecified atom stereocenters. The van der Waals surface area contributed by atoms with E-state index in [4.69, 9.17) is 5.73 Å². The number of nitrogens with two attached hydrogens (primary N) is 1. The second kappa shape index (κ2) is 7.43. The Morgan fingerprint density at radius 3 is 2.85 bits per heavy atom. The van der Waals surface area contributed by atoms with Gasteiger partial charge in [-0.25, -0.2) is 0 Å². The van der Waals surface area contributed by atoms with E-state index >= 15 is 0 Å². The van der Waals surface area contributed by atoms with E-state index in [1.54, 1.807) is 0 Å². The number of amides is 1. The van der Waals surface area contributed by atoms with Crippen LogP contribution in [0.25, 0.3) is 0 Å². The van der Waals surface area contributed by atoms with Gasteiger partial charge in [0.05, 0.1) is 0 Å². The summed E-state index contributed by atoms with van der Waals surface area (Å²) in [5.74, 6) is 0.550. The van der Waals surface area contributed by atoms with Crippen LogP contribution in [0.5, 0.6) is 0 Å². The second-order valence-electron chi connectivity index (χ2n) is 5.42. The lowest BCUT2D eigenvalue weighted by molar-refractivity contribution is 0.0660. The van der Waals surface area contributed by atoms with E-state index in [1.165, 1.54) is 0 Å². The zero-order chi connectivity index (χ0) is 14.0. The number of hydrogen-bond donors (Lipinski definition) is 1. The van der Waals surface area contributed by atoms with Crippen molar-refractivity contribution < 1.29 is 4.79 Å². The summed E-state index contributed by atoms with van der Waals surface area (Å²) in [5, 5.41) is 0. The molecular formula is C15H22BrClN2O. The van der Waals surface area contributed by atoms with E-state index in [1.807, 2.05) is 36.9 Å². The molecule has 0 aromatic heterocycles. The number of rotatable bonds is 2. The van der Waals surface area contributed by atoms with Crippen LogP contribution in [0.3, 0.4) is 0 Å². The zero-order valence-corrected chi connectivity index (χ0v) is 14.3. The maximum Gasteiger partial charge on any atom is 0.254 e. The number of likely N-dealkylation sites (tertiary alicyclic amines) is 1. The normalized spacial score (nSPS) is 20.2. The molecule has 2 rings (SSSR count). The molecule has 1 aromatic carbocycles. The van der Waals surface area contributed by atoms with Crippen molar-refractivity contribution in [3.8, 4) is 0 Å². The number of hydrogen-bond acceptors (Lipinski definition) is 2. The van der Waals surface area contributed by atoms with Gasteiger partial charge in [0.15, 0.2) is 0 Å². The molecule has 1 aromatic rings. The van der Waals surface area contributed by atoms with Crippen molar-refractivity contribution in [3.05, 3.63) is 33.8 Å². The van der Waals surface area contributed by atoms with Crippen molar-refractivity contribution in [2.45, 2.75) is 32.7 Å². The molecular weight excluding hydrogens is 340 g/mol. The standard InChI is InChI=1S/C15H21BrN2O.ClH/c1-10-13(6-3-7-14(10)16)15(19)18-8-4-5-12(9-18)11(2)17;/h3,6-7,11-12H,4-5,8-9,17H2,1-2H3;1H. The first-order chi connectivity index (χ1) is 9.00. The minimum absolute atomic E-state index is 0. The Morgan fingerprint density at radius 2 is 2.20 bits per heavy atom. The number of piperidine rings is 1. The molecule has 0 spiro atoms. The zero-order valence-electron chi connectivity index (χ0n) is 11.9. The Labute approximate surface area is 135 Å². The Kier molecular flexibility index (Phi) is 6.49. The van der Waals surface area contributed by atoms with Gasteiger partial charge >= 0.3 is 0 Å². The summed E-state index contributed by atoms with van der Waals surface area (Å²) in [6.07, 6.45) is 2.17. The topological polar surface area (TPSA) is 46.3 Å². The van der Waals surface area contributed by atoms with Gasteiger partial charge in [0.1, 0.15) is 0 Å². The second-order valence-corrected chi connectivity index (χ2v) is 6.28. The van der Waals surface area contributed by atoms with E-state index in [0.717, 1.165) is 41.5 Å². The molecule has 1 aliphatic rings. The first kappa shape index (κ1) is 17.5. The molecule has 2 atom stereocenters. The van der Waals surface area contributed by atoms with E-state index < -0.39 is 0 Å². The van der Waals surface area contributed by atoms with Crippen LogP contribution in [0, 0.1) is 12.8 Å². The summed E-state index contributed by atoms with van der Waals surface area (Å²) >= 11 is 3.48. The summed E-state index contributed by atoms with van der Waals surface area (Å²) < 4.78 is 0.985. The molecule has 0 radical (unpaired) electrons. The Bertz CT molecular complexity index is 479. The molecule has 1 fully saturated rings. The van der Waals surface area contributed by atoms with E-state index in [9.17, 15) is 4.79 Å². The lowest BCUT2D eigenvalue weighted by Gasteiger charge is -2.35. The van der Waals surface area contributed by atoms with Crippen molar-refractivity contribution >= 4 is 34.2 Å². The average molecular weight is 362 g/mol. The van der Waals surface area contributed by atoms with Gasteiger partial charge in [0.25, 0.3) is 5.91 Å². The maximum atomic E-state index is 12.6. The fraction of sp³-hybridized carbons (Fsp3) is 0.533. The van der Waals surface area contributed by atoms with E-state index in [-0.39, 0.29) is 24.4 Å². The monoisotopic (exact) mass is 360 g/mol. The third-order valence-corrected chi connectivity index (χ3v) is 4.85. The molecule has 1 saturated heterocycles. The van der Waals surface area contributed by atoms with Crippen LogP contribution < -0.4 is 5.73 Å². The Morgan fingerprint density at radius 1 is 1.50 bits per heavy atom. The van der Waals surface area contributed by atoms with Gasteiger partial charge in [-0.3, -0.25) is 4.79 Å². The molecule has 0 bridgehead atoms. The summed E-state index contributed by atoms with van der Waals surface area (Å²) in [5.41, 5.74) is 7.78. The van der Waals surface area contributed by atoms with Crippen molar-refractivity contribution in [2.24, 2.45) is 11.7 Å². The van der Waals surface area contributed by atoms with E-state index in [0.29, 0.717) is 5.92 Å². The summed E-state index contributed by atoms with van der Waals surface area (Å²) in [6.45, 7) is 5.63. The number of nitrogens with zero attached hydrogens (tertiary/aromatic N) is 1. The summed E-state index contributed by atoms with van der Waals surface area (Å²) in [4.78, 5) is 14.6. The molecule has 20 heavy (non-hydrogen) atoms. The minimum atomic E-state index is 0. The van der Waals surface area contributed by atoms with Crippen LogP contribution in [0.15, 0.2) is 22.7 Å². The first-order valence-electron chi connectivity index (χ1n) is 6.80. The molecule has 112 valence electrons. The van der Waals surface area contributed by atoms with Crippen LogP contribution in [0.4, 0.5) is 0 Å². The van der Waals surface area contributed by atoms with Crippen molar-refractivity contribution in [3.63, 3.8) is 0 Å². The first-order valence-corrected chi connectivity index (χ1v) is 7.60. The number of carbonyl (C=O) groups excluding carboxylic acids is 1. The molecule has 5 heteroatoms. The van der Waals surface area contributed by atoms with Gasteiger partial charge in [-0.2, -0.15) is 0 Å². The van der Waals surface area contributed by atoms with Gasteiger partial charge in [0, 0.05) is 29.2 Å². The highest BCUT2D eigenvalue weighted by molar-refractivity contribution is 9.10. The van der Waals surface area contributed by atoms with Crippen LogP contribution in [-0.4, -0.2) is 29.9 Å². The lowest BCUT2D eigenvalue weighted by Crippen LogP contribution is -2.45. The fourth-order valence-corrected chi connectivity index (χ4v) is 3.00. The summed E-state index contributed by atoms with van der Waals surface area (Å²) in [7, 11) is 0. The van der Waals surface area contributed by atoms with Gasteiger partial charge < -0.3 is 10.6 Å². The van der Waals surface area contributed by atoms with Gasteiger partial charge in [-0.1, -0.05) is 22.0 Å². The highest BCUT2D eigenvalue weighted by atomic mass is 79.9. The highest BCUT2D eigenvalue weighted by Gasteiger charge is 2.27. The highest BCUT2D eigenvalue weighted by Crippen LogP contribution is 2.24. The van der Waals surface area contributed by atoms with Gasteiger partial charge in [-0.15, -0.1) is 12.4 Å².